The maximum absolute atomic E-state index is 12.0. The molecule has 0 aliphatic heterocycles. The number of furan rings is 1. The van der Waals surface area contributed by atoms with Gasteiger partial charge in [-0.2, -0.15) is 8.42 Å². The Bertz CT molecular complexity index is 647. The van der Waals surface area contributed by atoms with E-state index in [1.165, 1.54) is 17.4 Å². The van der Waals surface area contributed by atoms with Gasteiger partial charge in [0, 0.05) is 0 Å². The van der Waals surface area contributed by atoms with Crippen LogP contribution in [-0.4, -0.2) is 25.7 Å². The Labute approximate surface area is 115 Å². The van der Waals surface area contributed by atoms with Crippen molar-refractivity contribution >= 4 is 26.5 Å². The molecule has 0 bridgehead atoms. The summed E-state index contributed by atoms with van der Waals surface area (Å²) in [6, 6.07) is 3.03. The number of rotatable bonds is 6. The Hall–Kier alpha value is -1.45. The molecule has 0 amide bonds. The van der Waals surface area contributed by atoms with Crippen molar-refractivity contribution < 1.29 is 12.8 Å². The molecule has 104 valence electrons. The fraction of sp³-hybridized carbons (Fsp3) is 0.400. The first kappa shape index (κ1) is 14.0. The van der Waals surface area contributed by atoms with Gasteiger partial charge in [0.05, 0.1) is 6.54 Å². The van der Waals surface area contributed by atoms with Crippen LogP contribution in [0.25, 0.3) is 0 Å². The number of sulfonamides is 1. The van der Waals surface area contributed by atoms with Gasteiger partial charge in [-0.15, -0.1) is 10.2 Å². The molecule has 0 saturated carbocycles. The van der Waals surface area contributed by atoms with Crippen LogP contribution in [0.2, 0.25) is 0 Å². The summed E-state index contributed by atoms with van der Waals surface area (Å²) in [6.07, 6.45) is 0.715. The Morgan fingerprint density at radius 1 is 1.37 bits per heavy atom. The van der Waals surface area contributed by atoms with Crippen molar-refractivity contribution in [1.82, 2.24) is 15.5 Å². The van der Waals surface area contributed by atoms with Gasteiger partial charge in [-0.1, -0.05) is 18.3 Å². The molecule has 0 fully saturated rings. The highest BCUT2D eigenvalue weighted by Gasteiger charge is 2.20. The van der Waals surface area contributed by atoms with Crippen LogP contribution in [0.4, 0.5) is 5.13 Å². The average molecular weight is 302 g/mol. The molecule has 19 heavy (non-hydrogen) atoms. The summed E-state index contributed by atoms with van der Waals surface area (Å²) in [5.41, 5.74) is 0. The molecule has 2 heterocycles. The number of anilines is 1. The topological polar surface area (TPSA) is 97.1 Å². The molecule has 0 saturated heterocycles. The summed E-state index contributed by atoms with van der Waals surface area (Å²) in [5, 5.41) is 11.4. The van der Waals surface area contributed by atoms with Gasteiger partial charge >= 0.3 is 0 Å². The molecule has 2 aromatic rings. The van der Waals surface area contributed by atoms with Gasteiger partial charge in [0.15, 0.2) is 0 Å². The second-order valence-electron chi connectivity index (χ2n) is 3.71. The van der Waals surface area contributed by atoms with Crippen LogP contribution in [0.3, 0.4) is 0 Å². The predicted octanol–water partition coefficient (Wildman–Crippen LogP) is 1.21. The number of aromatic nitrogens is 2. The Morgan fingerprint density at radius 3 is 2.79 bits per heavy atom. The lowest BCUT2D eigenvalue weighted by Crippen LogP contribution is -2.12. The van der Waals surface area contributed by atoms with E-state index in [1.807, 2.05) is 6.92 Å². The van der Waals surface area contributed by atoms with Crippen LogP contribution in [0.15, 0.2) is 21.6 Å². The maximum atomic E-state index is 12.0. The predicted molar refractivity (Wildman–Crippen MR) is 71.6 cm³/mol. The summed E-state index contributed by atoms with van der Waals surface area (Å²) in [7, 11) is -1.99. The quantitative estimate of drug-likeness (QED) is 0.832. The fourth-order valence-electron chi connectivity index (χ4n) is 1.37. The van der Waals surface area contributed by atoms with E-state index in [0.717, 1.165) is 5.01 Å². The van der Waals surface area contributed by atoms with Gasteiger partial charge < -0.3 is 9.73 Å². The zero-order valence-corrected chi connectivity index (χ0v) is 12.1. The van der Waals surface area contributed by atoms with Gasteiger partial charge in [0.2, 0.25) is 10.2 Å². The van der Waals surface area contributed by atoms with Crippen molar-refractivity contribution in [2.24, 2.45) is 0 Å². The lowest BCUT2D eigenvalue weighted by molar-refractivity contribution is 0.408. The van der Waals surface area contributed by atoms with Gasteiger partial charge in [0.1, 0.15) is 10.8 Å². The Balaban J connectivity index is 2.16. The lowest BCUT2D eigenvalue weighted by Gasteiger charge is -2.00. The molecule has 0 atom stereocenters. The summed E-state index contributed by atoms with van der Waals surface area (Å²) >= 11 is 1.20. The molecule has 0 aromatic carbocycles. The van der Waals surface area contributed by atoms with Crippen LogP contribution >= 0.6 is 11.3 Å². The van der Waals surface area contributed by atoms with E-state index in [9.17, 15) is 8.42 Å². The third-order valence-corrected chi connectivity index (χ3v) is 4.57. The molecule has 0 aliphatic rings. The molecule has 2 N–H and O–H groups in total. The molecule has 2 rings (SSSR count). The highest BCUT2D eigenvalue weighted by Crippen LogP contribution is 2.21. The highest BCUT2D eigenvalue weighted by molar-refractivity contribution is 7.92. The largest absolute Gasteiger partial charge is 0.446 e. The van der Waals surface area contributed by atoms with E-state index in [4.69, 9.17) is 4.42 Å². The van der Waals surface area contributed by atoms with Gasteiger partial charge in [-0.3, -0.25) is 4.72 Å². The Kier molecular flexibility index (Phi) is 4.17. The summed E-state index contributed by atoms with van der Waals surface area (Å²) in [6.45, 7) is 2.39. The molecule has 9 heteroatoms. The molecule has 7 nitrogen and oxygen atoms in total. The lowest BCUT2D eigenvalue weighted by atomic mass is 10.4. The first-order valence-corrected chi connectivity index (χ1v) is 7.93. The first-order chi connectivity index (χ1) is 9.05. The van der Waals surface area contributed by atoms with E-state index >= 15 is 0 Å². The van der Waals surface area contributed by atoms with Crippen LogP contribution in [0.5, 0.6) is 0 Å². The van der Waals surface area contributed by atoms with Crippen LogP contribution in [0.1, 0.15) is 17.7 Å². The van der Waals surface area contributed by atoms with Gasteiger partial charge in [0.25, 0.3) is 10.0 Å². The maximum Gasteiger partial charge on any atom is 0.297 e. The zero-order chi connectivity index (χ0) is 13.9. The van der Waals surface area contributed by atoms with E-state index < -0.39 is 10.0 Å². The molecular weight excluding hydrogens is 288 g/mol. The smallest absolute Gasteiger partial charge is 0.297 e. The van der Waals surface area contributed by atoms with E-state index in [0.29, 0.717) is 18.7 Å². The minimum absolute atomic E-state index is 0.133. The Morgan fingerprint density at radius 2 is 2.16 bits per heavy atom. The van der Waals surface area contributed by atoms with Crippen molar-refractivity contribution in [3.05, 3.63) is 22.9 Å². The minimum Gasteiger partial charge on any atom is -0.446 e. The van der Waals surface area contributed by atoms with Gasteiger partial charge in [-0.05, 0) is 25.6 Å². The summed E-state index contributed by atoms with van der Waals surface area (Å²) in [5.74, 6) is 0.550. The standard InChI is InChI=1S/C10H14N4O3S2/c1-3-8-12-13-10(18-8)14-19(15,16)9-5-4-7(17-9)6-11-2/h4-5,11H,3,6H2,1-2H3,(H,13,14). The van der Waals surface area contributed by atoms with E-state index in [1.54, 1.807) is 13.1 Å². The van der Waals surface area contributed by atoms with Crippen molar-refractivity contribution in [3.8, 4) is 0 Å². The molecule has 2 aromatic heterocycles. The number of nitrogens with one attached hydrogen (secondary N) is 2. The number of hydrogen-bond donors (Lipinski definition) is 2. The van der Waals surface area contributed by atoms with Crippen molar-refractivity contribution in [2.75, 3.05) is 11.8 Å². The third-order valence-electron chi connectivity index (χ3n) is 2.24. The first-order valence-electron chi connectivity index (χ1n) is 5.63. The third kappa shape index (κ3) is 3.31. The number of aryl methyl sites for hydroxylation is 1. The molecule has 0 radical (unpaired) electrons. The second-order valence-corrected chi connectivity index (χ2v) is 6.39. The highest BCUT2D eigenvalue weighted by atomic mass is 32.2. The SMILES string of the molecule is CCc1nnc(NS(=O)(=O)c2ccc(CNC)o2)s1. The van der Waals surface area contributed by atoms with Crippen molar-refractivity contribution in [1.29, 1.82) is 0 Å². The number of nitrogens with zero attached hydrogens (tertiary/aromatic N) is 2. The second kappa shape index (κ2) is 5.68. The van der Waals surface area contributed by atoms with Crippen molar-refractivity contribution in [3.63, 3.8) is 0 Å². The van der Waals surface area contributed by atoms with Crippen LogP contribution in [0, 0.1) is 0 Å². The summed E-state index contributed by atoms with van der Waals surface area (Å²) < 4.78 is 31.6. The molecule has 0 spiro atoms. The average Bonchev–Trinajstić information content (AvgIpc) is 2.98. The van der Waals surface area contributed by atoms with Crippen LogP contribution < -0.4 is 10.0 Å². The summed E-state index contributed by atoms with van der Waals surface area (Å²) in [4.78, 5) is 0. The monoisotopic (exact) mass is 302 g/mol. The van der Waals surface area contributed by atoms with Crippen LogP contribution in [-0.2, 0) is 23.0 Å². The van der Waals surface area contributed by atoms with Gasteiger partial charge in [-0.25, -0.2) is 0 Å². The number of hydrogen-bond acceptors (Lipinski definition) is 7. The zero-order valence-electron chi connectivity index (χ0n) is 10.5. The molecule has 0 unspecified atom stereocenters. The van der Waals surface area contributed by atoms with E-state index in [2.05, 4.69) is 20.2 Å². The molecule has 0 aliphatic carbocycles. The fourth-order valence-corrected chi connectivity index (χ4v) is 3.24. The minimum atomic E-state index is -3.74. The normalized spacial score (nSPS) is 11.7. The molecular formula is C10H14N4O3S2. The van der Waals surface area contributed by atoms with Crippen molar-refractivity contribution in [2.45, 2.75) is 25.0 Å². The van der Waals surface area contributed by atoms with E-state index in [-0.39, 0.29) is 10.2 Å².